The van der Waals surface area contributed by atoms with Crippen LogP contribution < -0.4 is 10.6 Å². The quantitative estimate of drug-likeness (QED) is 0.224. The summed E-state index contributed by atoms with van der Waals surface area (Å²) in [4.78, 5) is 7.42. The van der Waals surface area contributed by atoms with E-state index in [1.54, 1.807) is 0 Å². The Morgan fingerprint density at radius 1 is 1.22 bits per heavy atom. The lowest BCUT2D eigenvalue weighted by Crippen LogP contribution is -2.44. The van der Waals surface area contributed by atoms with E-state index in [-0.39, 0.29) is 24.0 Å². The third-order valence-electron chi connectivity index (χ3n) is 5.74. The van der Waals surface area contributed by atoms with Crippen LogP contribution in [0.5, 0.6) is 0 Å². The van der Waals surface area contributed by atoms with Crippen LogP contribution in [0, 0.1) is 5.92 Å². The molecule has 0 amide bonds. The molecule has 0 radical (unpaired) electrons. The topological polar surface area (TPSA) is 58.1 Å². The molecule has 0 bridgehead atoms. The summed E-state index contributed by atoms with van der Waals surface area (Å²) in [6.07, 6.45) is 7.26. The number of nitrogens with one attached hydrogen (secondary N) is 2. The van der Waals surface area contributed by atoms with Gasteiger partial charge < -0.3 is 20.1 Å². The Labute approximate surface area is 182 Å². The predicted molar refractivity (Wildman–Crippen MR) is 121 cm³/mol. The van der Waals surface area contributed by atoms with Gasteiger partial charge in [0, 0.05) is 64.2 Å². The van der Waals surface area contributed by atoms with E-state index in [9.17, 15) is 0 Å². The molecule has 0 aromatic carbocycles. The molecule has 3 rings (SSSR count). The van der Waals surface area contributed by atoms with Gasteiger partial charge in [0.05, 0.1) is 0 Å². The summed E-state index contributed by atoms with van der Waals surface area (Å²) in [6, 6.07) is 2.07. The Bertz CT molecular complexity index is 442. The SMILES string of the molecule is CCNC(=NCCCOCC1CCOCC1)NC1CC(C)N(C2CC2)C1.I. The van der Waals surface area contributed by atoms with Crippen LogP contribution in [0.4, 0.5) is 0 Å². The first-order valence-corrected chi connectivity index (χ1v) is 10.7. The molecule has 2 aliphatic heterocycles. The van der Waals surface area contributed by atoms with Crippen molar-refractivity contribution in [2.24, 2.45) is 10.9 Å². The molecular formula is C20H39IN4O2. The summed E-state index contributed by atoms with van der Waals surface area (Å²) in [5.41, 5.74) is 0. The summed E-state index contributed by atoms with van der Waals surface area (Å²) in [5.74, 6) is 1.65. The lowest BCUT2D eigenvalue weighted by Gasteiger charge is -2.21. The predicted octanol–water partition coefficient (Wildman–Crippen LogP) is 2.62. The number of ether oxygens (including phenoxy) is 2. The molecule has 1 aliphatic carbocycles. The van der Waals surface area contributed by atoms with Gasteiger partial charge >= 0.3 is 0 Å². The minimum atomic E-state index is 0. The van der Waals surface area contributed by atoms with E-state index in [0.29, 0.717) is 18.0 Å². The van der Waals surface area contributed by atoms with Gasteiger partial charge in [-0.05, 0) is 58.3 Å². The van der Waals surface area contributed by atoms with E-state index in [0.717, 1.165) is 77.3 Å². The normalized spacial score (nSPS) is 27.4. The van der Waals surface area contributed by atoms with Crippen molar-refractivity contribution in [2.75, 3.05) is 46.1 Å². The van der Waals surface area contributed by atoms with E-state index in [1.165, 1.54) is 19.3 Å². The van der Waals surface area contributed by atoms with Crippen molar-refractivity contribution in [3.63, 3.8) is 0 Å². The molecule has 2 heterocycles. The van der Waals surface area contributed by atoms with Gasteiger partial charge in [0.1, 0.15) is 0 Å². The molecule has 0 aromatic heterocycles. The van der Waals surface area contributed by atoms with Crippen LogP contribution in [0.15, 0.2) is 4.99 Å². The zero-order valence-electron chi connectivity index (χ0n) is 17.1. The molecule has 0 spiro atoms. The van der Waals surface area contributed by atoms with Crippen molar-refractivity contribution < 1.29 is 9.47 Å². The summed E-state index contributed by atoms with van der Waals surface area (Å²) in [7, 11) is 0. The van der Waals surface area contributed by atoms with Crippen LogP contribution in [-0.4, -0.2) is 75.0 Å². The highest BCUT2D eigenvalue weighted by Crippen LogP contribution is 2.33. The number of halogens is 1. The summed E-state index contributed by atoms with van der Waals surface area (Å²) >= 11 is 0. The average molecular weight is 494 g/mol. The van der Waals surface area contributed by atoms with Crippen molar-refractivity contribution in [1.29, 1.82) is 0 Å². The molecule has 1 saturated carbocycles. The summed E-state index contributed by atoms with van der Waals surface area (Å²) in [6.45, 7) is 10.8. The largest absolute Gasteiger partial charge is 0.381 e. The Morgan fingerprint density at radius 3 is 2.70 bits per heavy atom. The summed E-state index contributed by atoms with van der Waals surface area (Å²) in [5, 5.41) is 7.04. The van der Waals surface area contributed by atoms with Crippen LogP contribution in [0.25, 0.3) is 0 Å². The Balaban J connectivity index is 0.00000261. The highest BCUT2D eigenvalue weighted by Gasteiger charge is 2.38. The van der Waals surface area contributed by atoms with Gasteiger partial charge in [-0.3, -0.25) is 9.89 Å². The minimum Gasteiger partial charge on any atom is -0.381 e. The molecule has 0 aromatic rings. The molecular weight excluding hydrogens is 455 g/mol. The highest BCUT2D eigenvalue weighted by molar-refractivity contribution is 14.0. The molecule has 27 heavy (non-hydrogen) atoms. The van der Waals surface area contributed by atoms with Crippen molar-refractivity contribution >= 4 is 29.9 Å². The van der Waals surface area contributed by atoms with E-state index >= 15 is 0 Å². The third kappa shape index (κ3) is 8.03. The lowest BCUT2D eigenvalue weighted by atomic mass is 10.0. The van der Waals surface area contributed by atoms with Gasteiger partial charge in [-0.15, -0.1) is 24.0 Å². The van der Waals surface area contributed by atoms with Crippen molar-refractivity contribution in [1.82, 2.24) is 15.5 Å². The second-order valence-corrected chi connectivity index (χ2v) is 8.10. The standard InChI is InChI=1S/C20H38N4O2.HI/c1-3-21-20(23-18-13-16(2)24(14-18)19-5-6-19)22-9-4-10-26-15-17-7-11-25-12-8-17;/h16-19H,3-15H2,1-2H3,(H2,21,22,23);1H. The number of likely N-dealkylation sites (tertiary alicyclic amines) is 1. The van der Waals surface area contributed by atoms with Crippen LogP contribution in [0.1, 0.15) is 52.4 Å². The average Bonchev–Trinajstić information content (AvgIpc) is 3.42. The number of hydrogen-bond acceptors (Lipinski definition) is 4. The zero-order chi connectivity index (χ0) is 18.2. The van der Waals surface area contributed by atoms with Gasteiger partial charge in [-0.2, -0.15) is 0 Å². The van der Waals surface area contributed by atoms with E-state index in [1.807, 2.05) is 0 Å². The fourth-order valence-corrected chi connectivity index (χ4v) is 4.11. The maximum Gasteiger partial charge on any atom is 0.191 e. The molecule has 2 atom stereocenters. The van der Waals surface area contributed by atoms with E-state index in [2.05, 4.69) is 29.4 Å². The fraction of sp³-hybridized carbons (Fsp3) is 0.950. The molecule has 7 heteroatoms. The van der Waals surface area contributed by atoms with Crippen LogP contribution in [0.3, 0.4) is 0 Å². The van der Waals surface area contributed by atoms with E-state index in [4.69, 9.17) is 14.5 Å². The lowest BCUT2D eigenvalue weighted by molar-refractivity contribution is 0.0205. The second-order valence-electron chi connectivity index (χ2n) is 8.10. The fourth-order valence-electron chi connectivity index (χ4n) is 4.11. The number of rotatable bonds is 9. The van der Waals surface area contributed by atoms with Crippen molar-refractivity contribution in [2.45, 2.75) is 70.5 Å². The van der Waals surface area contributed by atoms with Crippen LogP contribution in [-0.2, 0) is 9.47 Å². The maximum absolute atomic E-state index is 5.84. The van der Waals surface area contributed by atoms with Crippen molar-refractivity contribution in [3.8, 4) is 0 Å². The van der Waals surface area contributed by atoms with Crippen molar-refractivity contribution in [3.05, 3.63) is 0 Å². The molecule has 2 N–H and O–H groups in total. The third-order valence-corrected chi connectivity index (χ3v) is 5.74. The van der Waals surface area contributed by atoms with E-state index < -0.39 is 0 Å². The monoisotopic (exact) mass is 494 g/mol. The molecule has 2 saturated heterocycles. The Kier molecular flexibility index (Phi) is 10.7. The highest BCUT2D eigenvalue weighted by atomic mass is 127. The first-order chi connectivity index (χ1) is 12.8. The molecule has 3 fully saturated rings. The number of guanidine groups is 1. The molecule has 158 valence electrons. The summed E-state index contributed by atoms with van der Waals surface area (Å²) < 4.78 is 11.2. The first kappa shape index (κ1) is 23.2. The number of nitrogens with zero attached hydrogens (tertiary/aromatic N) is 2. The first-order valence-electron chi connectivity index (χ1n) is 10.7. The van der Waals surface area contributed by atoms with Crippen LogP contribution >= 0.6 is 24.0 Å². The van der Waals surface area contributed by atoms with Gasteiger partial charge in [0.15, 0.2) is 5.96 Å². The second kappa shape index (κ2) is 12.4. The maximum atomic E-state index is 5.84. The number of aliphatic imine (C=N–C) groups is 1. The Morgan fingerprint density at radius 2 is 2.00 bits per heavy atom. The number of hydrogen-bond donors (Lipinski definition) is 2. The van der Waals surface area contributed by atoms with Gasteiger partial charge in [0.25, 0.3) is 0 Å². The molecule has 6 nitrogen and oxygen atoms in total. The Hall–Kier alpha value is -0.120. The van der Waals surface area contributed by atoms with Gasteiger partial charge in [-0.1, -0.05) is 0 Å². The zero-order valence-corrected chi connectivity index (χ0v) is 19.5. The van der Waals surface area contributed by atoms with Gasteiger partial charge in [-0.25, -0.2) is 0 Å². The molecule has 2 unspecified atom stereocenters. The van der Waals surface area contributed by atoms with Gasteiger partial charge in [0.2, 0.25) is 0 Å². The smallest absolute Gasteiger partial charge is 0.191 e. The molecule has 3 aliphatic rings. The minimum absolute atomic E-state index is 0. The van der Waals surface area contributed by atoms with Crippen LogP contribution in [0.2, 0.25) is 0 Å².